The van der Waals surface area contributed by atoms with Gasteiger partial charge in [-0.25, -0.2) is 4.98 Å². The van der Waals surface area contributed by atoms with E-state index in [9.17, 15) is 5.11 Å². The first-order valence-electron chi connectivity index (χ1n) is 7.25. The van der Waals surface area contributed by atoms with Crippen LogP contribution in [-0.4, -0.2) is 34.3 Å². The van der Waals surface area contributed by atoms with E-state index in [0.717, 1.165) is 56.8 Å². The van der Waals surface area contributed by atoms with Gasteiger partial charge in [0, 0.05) is 13.1 Å². The molecule has 2 rings (SSSR count). The predicted molar refractivity (Wildman–Crippen MR) is 77.3 cm³/mol. The highest BCUT2D eigenvalue weighted by atomic mass is 16.3. The number of hydrogen-bond donors (Lipinski definition) is 3. The van der Waals surface area contributed by atoms with E-state index in [1.165, 1.54) is 0 Å². The monoisotopic (exact) mass is 264 g/mol. The SMILES string of the molecule is CCCNc1cncc(NCC2CCC(O)CC2)n1. The van der Waals surface area contributed by atoms with Crippen molar-refractivity contribution in [3.63, 3.8) is 0 Å². The summed E-state index contributed by atoms with van der Waals surface area (Å²) in [6.45, 7) is 3.96. The third-order valence-electron chi connectivity index (χ3n) is 3.58. The Morgan fingerprint density at radius 2 is 1.84 bits per heavy atom. The number of hydrogen-bond acceptors (Lipinski definition) is 5. The molecule has 0 atom stereocenters. The first-order chi connectivity index (χ1) is 9.28. The summed E-state index contributed by atoms with van der Waals surface area (Å²) in [5.74, 6) is 2.29. The van der Waals surface area contributed by atoms with Gasteiger partial charge >= 0.3 is 0 Å². The quantitative estimate of drug-likeness (QED) is 0.735. The van der Waals surface area contributed by atoms with E-state index in [0.29, 0.717) is 5.92 Å². The molecule has 0 aromatic carbocycles. The normalized spacial score (nSPS) is 23.1. The lowest BCUT2D eigenvalue weighted by molar-refractivity contribution is 0.111. The zero-order chi connectivity index (χ0) is 13.5. The van der Waals surface area contributed by atoms with Crippen LogP contribution in [-0.2, 0) is 0 Å². The Hall–Kier alpha value is -1.36. The van der Waals surface area contributed by atoms with Crippen molar-refractivity contribution >= 4 is 11.6 Å². The smallest absolute Gasteiger partial charge is 0.146 e. The highest BCUT2D eigenvalue weighted by Crippen LogP contribution is 2.24. The molecule has 5 nitrogen and oxygen atoms in total. The summed E-state index contributed by atoms with van der Waals surface area (Å²) in [5, 5.41) is 16.1. The molecule has 0 saturated heterocycles. The van der Waals surface area contributed by atoms with Gasteiger partial charge in [-0.2, -0.15) is 0 Å². The van der Waals surface area contributed by atoms with Crippen molar-refractivity contribution in [1.82, 2.24) is 9.97 Å². The second-order valence-electron chi connectivity index (χ2n) is 5.27. The maximum atomic E-state index is 9.48. The first-order valence-corrected chi connectivity index (χ1v) is 7.25. The fourth-order valence-corrected chi connectivity index (χ4v) is 2.39. The number of nitrogens with one attached hydrogen (secondary N) is 2. The molecule has 1 aromatic heterocycles. The van der Waals surface area contributed by atoms with Crippen molar-refractivity contribution in [3.05, 3.63) is 12.4 Å². The Kier molecular flexibility index (Phi) is 5.39. The second kappa shape index (κ2) is 7.28. The number of anilines is 2. The fraction of sp³-hybridized carbons (Fsp3) is 0.714. The van der Waals surface area contributed by atoms with Crippen LogP contribution in [0.3, 0.4) is 0 Å². The topological polar surface area (TPSA) is 70.1 Å². The highest BCUT2D eigenvalue weighted by Gasteiger charge is 2.19. The van der Waals surface area contributed by atoms with Crippen molar-refractivity contribution < 1.29 is 5.11 Å². The molecule has 1 saturated carbocycles. The van der Waals surface area contributed by atoms with Crippen LogP contribution in [0.1, 0.15) is 39.0 Å². The Labute approximate surface area is 114 Å². The van der Waals surface area contributed by atoms with E-state index in [1.807, 2.05) is 0 Å². The molecular weight excluding hydrogens is 240 g/mol. The Morgan fingerprint density at radius 3 is 2.53 bits per heavy atom. The standard InChI is InChI=1S/C14H24N4O/c1-2-7-16-13-9-15-10-14(18-13)17-8-11-3-5-12(19)6-4-11/h9-12,19H,2-8H2,1H3,(H2,16,17,18). The van der Waals surface area contributed by atoms with Crippen LogP contribution in [0.5, 0.6) is 0 Å². The molecule has 0 spiro atoms. The fourth-order valence-electron chi connectivity index (χ4n) is 2.39. The summed E-state index contributed by atoms with van der Waals surface area (Å²) in [6, 6.07) is 0. The van der Waals surface area contributed by atoms with E-state index in [1.54, 1.807) is 12.4 Å². The zero-order valence-electron chi connectivity index (χ0n) is 11.6. The minimum atomic E-state index is -0.0855. The number of nitrogens with zero attached hydrogens (tertiary/aromatic N) is 2. The lowest BCUT2D eigenvalue weighted by atomic mass is 9.87. The molecule has 0 bridgehead atoms. The highest BCUT2D eigenvalue weighted by molar-refractivity contribution is 5.41. The van der Waals surface area contributed by atoms with Gasteiger partial charge in [-0.1, -0.05) is 6.92 Å². The van der Waals surface area contributed by atoms with E-state index in [-0.39, 0.29) is 6.10 Å². The molecule has 1 aliphatic carbocycles. The third kappa shape index (κ3) is 4.67. The molecule has 1 aliphatic rings. The maximum absolute atomic E-state index is 9.48. The predicted octanol–water partition coefficient (Wildman–Crippen LogP) is 2.26. The van der Waals surface area contributed by atoms with Gasteiger partial charge in [0.15, 0.2) is 0 Å². The lowest BCUT2D eigenvalue weighted by Crippen LogP contribution is -2.23. The molecule has 5 heteroatoms. The lowest BCUT2D eigenvalue weighted by Gasteiger charge is -2.25. The molecule has 3 N–H and O–H groups in total. The minimum absolute atomic E-state index is 0.0855. The summed E-state index contributed by atoms with van der Waals surface area (Å²) >= 11 is 0. The molecule has 1 heterocycles. The van der Waals surface area contributed by atoms with E-state index >= 15 is 0 Å². The van der Waals surface area contributed by atoms with E-state index < -0.39 is 0 Å². The summed E-state index contributed by atoms with van der Waals surface area (Å²) in [6.07, 6.45) is 8.53. The van der Waals surface area contributed by atoms with E-state index in [4.69, 9.17) is 0 Å². The molecule has 0 unspecified atom stereocenters. The summed E-state index contributed by atoms with van der Waals surface area (Å²) in [4.78, 5) is 8.66. The number of aliphatic hydroxyl groups is 1. The van der Waals surface area contributed by atoms with Crippen LogP contribution in [0, 0.1) is 5.92 Å². The number of aliphatic hydroxyl groups excluding tert-OH is 1. The molecule has 19 heavy (non-hydrogen) atoms. The Balaban J connectivity index is 1.78. The number of aromatic nitrogens is 2. The molecule has 0 amide bonds. The van der Waals surface area contributed by atoms with Crippen LogP contribution in [0.4, 0.5) is 11.6 Å². The van der Waals surface area contributed by atoms with Crippen molar-refractivity contribution in [2.24, 2.45) is 5.92 Å². The van der Waals surface area contributed by atoms with Crippen molar-refractivity contribution in [3.8, 4) is 0 Å². The minimum Gasteiger partial charge on any atom is -0.393 e. The molecule has 106 valence electrons. The number of rotatable bonds is 6. The molecule has 1 fully saturated rings. The molecule has 0 radical (unpaired) electrons. The average molecular weight is 264 g/mol. The molecule has 1 aromatic rings. The van der Waals surface area contributed by atoms with Crippen molar-refractivity contribution in [2.45, 2.75) is 45.1 Å². The third-order valence-corrected chi connectivity index (χ3v) is 3.58. The summed E-state index contributed by atoms with van der Waals surface area (Å²) in [5.41, 5.74) is 0. The van der Waals surface area contributed by atoms with Crippen LogP contribution >= 0.6 is 0 Å². The van der Waals surface area contributed by atoms with E-state index in [2.05, 4.69) is 27.5 Å². The van der Waals surface area contributed by atoms with Crippen molar-refractivity contribution in [2.75, 3.05) is 23.7 Å². The summed E-state index contributed by atoms with van der Waals surface area (Å²) in [7, 11) is 0. The van der Waals surface area contributed by atoms with Gasteiger partial charge in [0.25, 0.3) is 0 Å². The largest absolute Gasteiger partial charge is 0.393 e. The maximum Gasteiger partial charge on any atom is 0.146 e. The second-order valence-corrected chi connectivity index (χ2v) is 5.27. The van der Waals surface area contributed by atoms with Gasteiger partial charge < -0.3 is 15.7 Å². The summed E-state index contributed by atoms with van der Waals surface area (Å²) < 4.78 is 0. The van der Waals surface area contributed by atoms with Gasteiger partial charge in [-0.3, -0.25) is 4.98 Å². The zero-order valence-corrected chi connectivity index (χ0v) is 11.6. The van der Waals surface area contributed by atoms with Crippen LogP contribution in [0.15, 0.2) is 12.4 Å². The van der Waals surface area contributed by atoms with Crippen LogP contribution in [0.25, 0.3) is 0 Å². The average Bonchev–Trinajstić information content (AvgIpc) is 2.45. The van der Waals surface area contributed by atoms with Gasteiger partial charge in [0.2, 0.25) is 0 Å². The first kappa shape index (κ1) is 14.1. The van der Waals surface area contributed by atoms with Gasteiger partial charge in [-0.05, 0) is 38.0 Å². The Bertz CT molecular complexity index is 377. The Morgan fingerprint density at radius 1 is 1.16 bits per heavy atom. The molecule has 0 aliphatic heterocycles. The van der Waals surface area contributed by atoms with Crippen LogP contribution in [0.2, 0.25) is 0 Å². The van der Waals surface area contributed by atoms with Gasteiger partial charge in [-0.15, -0.1) is 0 Å². The van der Waals surface area contributed by atoms with Crippen LogP contribution < -0.4 is 10.6 Å². The van der Waals surface area contributed by atoms with Gasteiger partial charge in [0.05, 0.1) is 18.5 Å². The van der Waals surface area contributed by atoms with Gasteiger partial charge in [0.1, 0.15) is 11.6 Å². The van der Waals surface area contributed by atoms with Crippen molar-refractivity contribution in [1.29, 1.82) is 0 Å². The molecular formula is C14H24N4O.